The molecule has 0 aliphatic rings. The van der Waals surface area contributed by atoms with E-state index in [0.717, 1.165) is 17.2 Å². The zero-order valence-electron chi connectivity index (χ0n) is 11.0. The monoisotopic (exact) mass is 322 g/mol. The molecular formula is C14H9F3N4S. The van der Waals surface area contributed by atoms with Crippen molar-refractivity contribution in [1.29, 1.82) is 0 Å². The van der Waals surface area contributed by atoms with E-state index in [1.165, 1.54) is 18.1 Å². The van der Waals surface area contributed by atoms with E-state index >= 15 is 0 Å². The summed E-state index contributed by atoms with van der Waals surface area (Å²) in [5, 5.41) is 6.33. The second kappa shape index (κ2) is 5.80. The first-order valence-corrected chi connectivity index (χ1v) is 7.01. The third kappa shape index (κ3) is 3.11. The maximum absolute atomic E-state index is 12.9. The molecular weight excluding hydrogens is 313 g/mol. The average Bonchev–Trinajstić information content (AvgIpc) is 3.01. The van der Waals surface area contributed by atoms with E-state index in [9.17, 15) is 13.2 Å². The van der Waals surface area contributed by atoms with Crippen LogP contribution in [0.5, 0.6) is 0 Å². The lowest BCUT2D eigenvalue weighted by molar-refractivity contribution is -0.138. The van der Waals surface area contributed by atoms with Gasteiger partial charge in [-0.2, -0.15) is 18.3 Å². The number of pyridine rings is 1. The lowest BCUT2D eigenvalue weighted by atomic mass is 10.2. The number of alkyl halides is 3. The van der Waals surface area contributed by atoms with E-state index in [-0.39, 0.29) is 0 Å². The molecule has 0 atom stereocenters. The highest BCUT2D eigenvalue weighted by molar-refractivity contribution is 7.99. The molecule has 0 fully saturated rings. The molecule has 112 valence electrons. The molecule has 0 aliphatic heterocycles. The number of rotatable bonds is 3. The van der Waals surface area contributed by atoms with Crippen LogP contribution in [0.15, 0.2) is 58.7 Å². The summed E-state index contributed by atoms with van der Waals surface area (Å²) in [6.45, 7) is 0. The van der Waals surface area contributed by atoms with E-state index in [1.54, 1.807) is 0 Å². The average molecular weight is 322 g/mol. The number of halogens is 3. The minimum Gasteiger partial charge on any atom is -0.258 e. The van der Waals surface area contributed by atoms with Crippen LogP contribution in [0.1, 0.15) is 5.56 Å². The minimum absolute atomic E-state index is 0.326. The van der Waals surface area contributed by atoms with Crippen LogP contribution in [0.2, 0.25) is 0 Å². The molecule has 22 heavy (non-hydrogen) atoms. The lowest BCUT2D eigenvalue weighted by Crippen LogP contribution is -2.06. The molecule has 1 aromatic carbocycles. The van der Waals surface area contributed by atoms with Crippen molar-refractivity contribution in [2.45, 2.75) is 16.0 Å². The van der Waals surface area contributed by atoms with Crippen LogP contribution < -0.4 is 0 Å². The number of benzene rings is 1. The van der Waals surface area contributed by atoms with Crippen molar-refractivity contribution in [3.05, 3.63) is 54.5 Å². The predicted octanol–water partition coefficient (Wildman–Crippen LogP) is 4.04. The summed E-state index contributed by atoms with van der Waals surface area (Å²) in [5.74, 6) is 0.326. The minimum atomic E-state index is -4.45. The summed E-state index contributed by atoms with van der Waals surface area (Å²) in [7, 11) is 0. The summed E-state index contributed by atoms with van der Waals surface area (Å²) in [4.78, 5) is 9.03. The van der Waals surface area contributed by atoms with Crippen LogP contribution in [-0.4, -0.2) is 20.2 Å². The zero-order chi connectivity index (χ0) is 15.6. The Kier molecular flexibility index (Phi) is 3.84. The van der Waals surface area contributed by atoms with E-state index < -0.39 is 11.7 Å². The fourth-order valence-corrected chi connectivity index (χ4v) is 2.77. The Morgan fingerprint density at radius 1 is 1.05 bits per heavy atom. The first-order chi connectivity index (χ1) is 10.5. The van der Waals surface area contributed by atoms with Gasteiger partial charge in [-0.25, -0.2) is 4.98 Å². The highest BCUT2D eigenvalue weighted by atomic mass is 32.2. The number of hydrogen-bond donors (Lipinski definition) is 1. The molecule has 2 heterocycles. The smallest absolute Gasteiger partial charge is 0.258 e. The Bertz CT molecular complexity index is 758. The molecule has 0 spiro atoms. The van der Waals surface area contributed by atoms with Crippen molar-refractivity contribution in [3.63, 3.8) is 0 Å². The van der Waals surface area contributed by atoms with Gasteiger partial charge in [0.15, 0.2) is 5.82 Å². The van der Waals surface area contributed by atoms with Crippen LogP contribution >= 0.6 is 11.8 Å². The Morgan fingerprint density at radius 3 is 2.45 bits per heavy atom. The van der Waals surface area contributed by atoms with Gasteiger partial charge in [-0.15, -0.1) is 0 Å². The number of H-pyrrole nitrogens is 1. The van der Waals surface area contributed by atoms with Crippen molar-refractivity contribution in [2.75, 3.05) is 0 Å². The molecule has 0 bridgehead atoms. The van der Waals surface area contributed by atoms with Gasteiger partial charge in [0.25, 0.3) is 0 Å². The summed E-state index contributed by atoms with van der Waals surface area (Å²) in [6, 6.07) is 10.2. The van der Waals surface area contributed by atoms with Crippen LogP contribution in [0.25, 0.3) is 11.5 Å². The van der Waals surface area contributed by atoms with E-state index in [0.29, 0.717) is 16.4 Å². The summed E-state index contributed by atoms with van der Waals surface area (Å²) < 4.78 is 38.7. The topological polar surface area (TPSA) is 54.5 Å². The number of nitrogens with zero attached hydrogens (tertiary/aromatic N) is 3. The van der Waals surface area contributed by atoms with E-state index in [1.807, 2.05) is 30.3 Å². The SMILES string of the molecule is FC(F)(F)c1cnc(-c2ncn[nH]2)c(Sc2ccccc2)c1. The van der Waals surface area contributed by atoms with Gasteiger partial charge in [0.1, 0.15) is 12.0 Å². The van der Waals surface area contributed by atoms with E-state index in [4.69, 9.17) is 0 Å². The quantitative estimate of drug-likeness (QED) is 0.791. The second-order valence-electron chi connectivity index (χ2n) is 4.32. The van der Waals surface area contributed by atoms with Crippen molar-refractivity contribution in [2.24, 2.45) is 0 Å². The van der Waals surface area contributed by atoms with Crippen molar-refractivity contribution < 1.29 is 13.2 Å². The summed E-state index contributed by atoms with van der Waals surface area (Å²) in [6.07, 6.45) is -2.36. The van der Waals surface area contributed by atoms with Gasteiger partial charge in [-0.1, -0.05) is 30.0 Å². The Hall–Kier alpha value is -2.35. The number of hydrogen-bond acceptors (Lipinski definition) is 4. The molecule has 1 N–H and O–H groups in total. The molecule has 2 aromatic heterocycles. The van der Waals surface area contributed by atoms with Crippen LogP contribution in [0, 0.1) is 0 Å². The van der Waals surface area contributed by atoms with Gasteiger partial charge in [0.05, 0.1) is 5.56 Å². The molecule has 0 aliphatic carbocycles. The Labute approximate surface area is 127 Å². The molecule has 3 aromatic rings. The number of nitrogens with one attached hydrogen (secondary N) is 1. The third-order valence-corrected chi connectivity index (χ3v) is 3.83. The predicted molar refractivity (Wildman–Crippen MR) is 75.2 cm³/mol. The normalized spacial score (nSPS) is 11.6. The first kappa shape index (κ1) is 14.6. The number of aromatic amines is 1. The second-order valence-corrected chi connectivity index (χ2v) is 5.43. The largest absolute Gasteiger partial charge is 0.417 e. The fraction of sp³-hybridized carbons (Fsp3) is 0.0714. The van der Waals surface area contributed by atoms with Crippen molar-refractivity contribution in [1.82, 2.24) is 20.2 Å². The Balaban J connectivity index is 2.07. The first-order valence-electron chi connectivity index (χ1n) is 6.20. The number of aromatic nitrogens is 4. The zero-order valence-corrected chi connectivity index (χ0v) is 11.8. The molecule has 4 nitrogen and oxygen atoms in total. The van der Waals surface area contributed by atoms with Gasteiger partial charge in [0, 0.05) is 16.0 Å². The summed E-state index contributed by atoms with van der Waals surface area (Å²) >= 11 is 1.19. The Morgan fingerprint density at radius 2 is 1.82 bits per heavy atom. The van der Waals surface area contributed by atoms with Gasteiger partial charge in [-0.05, 0) is 18.2 Å². The van der Waals surface area contributed by atoms with Gasteiger partial charge in [0.2, 0.25) is 0 Å². The van der Waals surface area contributed by atoms with Gasteiger partial charge >= 0.3 is 6.18 Å². The van der Waals surface area contributed by atoms with Crippen LogP contribution in [0.3, 0.4) is 0 Å². The maximum atomic E-state index is 12.9. The van der Waals surface area contributed by atoms with E-state index in [2.05, 4.69) is 20.2 Å². The molecule has 0 saturated heterocycles. The van der Waals surface area contributed by atoms with Crippen molar-refractivity contribution in [3.8, 4) is 11.5 Å². The highest BCUT2D eigenvalue weighted by Gasteiger charge is 2.32. The van der Waals surface area contributed by atoms with Crippen LogP contribution in [0.4, 0.5) is 13.2 Å². The van der Waals surface area contributed by atoms with Gasteiger partial charge in [-0.3, -0.25) is 10.1 Å². The summed E-state index contributed by atoms with van der Waals surface area (Å²) in [5.41, 5.74) is -0.464. The third-order valence-electron chi connectivity index (χ3n) is 2.79. The standard InChI is InChI=1S/C14H9F3N4S/c15-14(16,17)9-6-11(22-10-4-2-1-3-5-10)12(18-7-9)13-19-8-20-21-13/h1-8H,(H,19,20,21). The maximum Gasteiger partial charge on any atom is 0.417 e. The van der Waals surface area contributed by atoms with Gasteiger partial charge < -0.3 is 0 Å². The van der Waals surface area contributed by atoms with Crippen LogP contribution in [-0.2, 0) is 6.18 Å². The molecule has 0 unspecified atom stereocenters. The molecule has 3 rings (SSSR count). The highest BCUT2D eigenvalue weighted by Crippen LogP contribution is 2.37. The van der Waals surface area contributed by atoms with Crippen molar-refractivity contribution >= 4 is 11.8 Å². The fourth-order valence-electron chi connectivity index (χ4n) is 1.79. The molecule has 0 saturated carbocycles. The lowest BCUT2D eigenvalue weighted by Gasteiger charge is -2.11. The molecule has 0 amide bonds. The molecule has 0 radical (unpaired) electrons. The molecule has 8 heteroatoms.